The second-order valence-electron chi connectivity index (χ2n) is 31.4. The van der Waals surface area contributed by atoms with Crippen molar-refractivity contribution in [2.75, 3.05) is 39.6 Å². The first-order valence-electron chi connectivity index (χ1n) is 47.4. The van der Waals surface area contributed by atoms with Gasteiger partial charge in [0.1, 0.15) is 25.4 Å². The highest BCUT2D eigenvalue weighted by molar-refractivity contribution is 7.47. The van der Waals surface area contributed by atoms with E-state index in [2.05, 4.69) is 191 Å². The zero-order valence-corrected chi connectivity index (χ0v) is 77.0. The summed E-state index contributed by atoms with van der Waals surface area (Å²) in [5.41, 5.74) is 0. The summed E-state index contributed by atoms with van der Waals surface area (Å²) in [7, 11) is -9.82. The predicted octanol–water partition coefficient (Wildman–Crippen LogP) is 29.4. The van der Waals surface area contributed by atoms with Crippen LogP contribution in [0.4, 0.5) is 0 Å². The van der Waals surface area contributed by atoms with Crippen LogP contribution in [0.1, 0.15) is 393 Å². The number of allylic oxidation sites excluding steroid dienone is 28. The van der Waals surface area contributed by atoms with Gasteiger partial charge < -0.3 is 34.2 Å². The molecule has 0 saturated carbocycles. The molecule has 0 radical (unpaired) electrons. The molecule has 0 aliphatic heterocycles. The minimum absolute atomic E-state index is 0.0962. The van der Waals surface area contributed by atoms with E-state index in [1.54, 1.807) is 0 Å². The van der Waals surface area contributed by atoms with E-state index < -0.39 is 91.5 Å². The van der Waals surface area contributed by atoms with Crippen LogP contribution in [0.2, 0.25) is 0 Å². The molecule has 0 fully saturated rings. The van der Waals surface area contributed by atoms with Crippen LogP contribution in [0.15, 0.2) is 170 Å². The summed E-state index contributed by atoms with van der Waals surface area (Å²) in [6.07, 6.45) is 120. The minimum atomic E-state index is -4.95. The molecule has 16 nitrogen and oxygen atoms in total. The molecule has 0 rings (SSSR count). The van der Waals surface area contributed by atoms with Gasteiger partial charge in [-0.25, -0.2) is 9.13 Å². The molecule has 0 spiro atoms. The molecule has 682 valence electrons. The van der Waals surface area contributed by atoms with Crippen LogP contribution in [-0.2, 0) is 55.8 Å². The fraction of sp³-hybridized carbons (Fsp3) is 0.693. The molecule has 0 saturated heterocycles. The van der Waals surface area contributed by atoms with Crippen molar-refractivity contribution in [3.8, 4) is 0 Å². The first kappa shape index (κ1) is 114. The molecule has 5 atom stereocenters. The Kier molecular flexibility index (Phi) is 88.2. The number of phosphoric ester groups is 2. The van der Waals surface area contributed by atoms with Crippen LogP contribution in [0.25, 0.3) is 0 Å². The van der Waals surface area contributed by atoms with Gasteiger partial charge in [-0.05, 0) is 161 Å². The number of aliphatic hydroxyl groups is 2. The van der Waals surface area contributed by atoms with E-state index >= 15 is 0 Å². The van der Waals surface area contributed by atoms with E-state index in [9.17, 15) is 43.5 Å². The van der Waals surface area contributed by atoms with Crippen molar-refractivity contribution in [2.45, 2.75) is 411 Å². The van der Waals surface area contributed by atoms with Crippen LogP contribution >= 0.6 is 15.6 Å². The largest absolute Gasteiger partial charge is 0.472 e. The monoisotopic (exact) mass is 1700 g/mol. The molecule has 0 aromatic heterocycles. The summed E-state index contributed by atoms with van der Waals surface area (Å²) in [5.74, 6) is -1.58. The predicted molar refractivity (Wildman–Crippen MR) is 500 cm³/mol. The number of phosphoric acid groups is 2. The lowest BCUT2D eigenvalue weighted by molar-refractivity contribution is -0.161. The molecule has 0 aromatic carbocycles. The Balaban J connectivity index is 4.67. The Morgan fingerprint density at radius 3 is 0.706 bits per heavy atom. The lowest BCUT2D eigenvalue weighted by Gasteiger charge is -2.21. The number of carbonyl (C=O) groups is 3. The topological polar surface area (TPSA) is 231 Å². The molecule has 18 heteroatoms. The number of esters is 3. The third-order valence-electron chi connectivity index (χ3n) is 19.9. The molecule has 0 amide bonds. The van der Waals surface area contributed by atoms with E-state index in [1.165, 1.54) is 161 Å². The van der Waals surface area contributed by atoms with Gasteiger partial charge >= 0.3 is 33.6 Å². The fourth-order valence-corrected chi connectivity index (χ4v) is 14.3. The zero-order chi connectivity index (χ0) is 86.5. The first-order valence-corrected chi connectivity index (χ1v) is 50.4. The van der Waals surface area contributed by atoms with Gasteiger partial charge in [-0.2, -0.15) is 0 Å². The maximum atomic E-state index is 13.1. The second kappa shape index (κ2) is 92.1. The van der Waals surface area contributed by atoms with Crippen molar-refractivity contribution in [3.05, 3.63) is 170 Å². The molecular weight excluding hydrogens is 1530 g/mol. The van der Waals surface area contributed by atoms with Crippen LogP contribution in [0, 0.1) is 0 Å². The zero-order valence-electron chi connectivity index (χ0n) is 75.2. The molecule has 0 aromatic rings. The van der Waals surface area contributed by atoms with Crippen LogP contribution in [0.5, 0.6) is 0 Å². The Bertz CT molecular complexity index is 2840. The molecule has 119 heavy (non-hydrogen) atoms. The van der Waals surface area contributed by atoms with E-state index in [0.29, 0.717) is 19.3 Å². The molecule has 5 unspecified atom stereocenters. The van der Waals surface area contributed by atoms with Gasteiger partial charge in [0.05, 0.1) is 26.4 Å². The highest BCUT2D eigenvalue weighted by Gasteiger charge is 2.30. The van der Waals surface area contributed by atoms with Gasteiger partial charge in [-0.1, -0.05) is 384 Å². The van der Waals surface area contributed by atoms with Crippen LogP contribution in [0.3, 0.4) is 0 Å². The Morgan fingerprint density at radius 2 is 0.445 bits per heavy atom. The van der Waals surface area contributed by atoms with Gasteiger partial charge in [-0.15, -0.1) is 0 Å². The summed E-state index contributed by atoms with van der Waals surface area (Å²) >= 11 is 0. The summed E-state index contributed by atoms with van der Waals surface area (Å²) in [6, 6.07) is 0. The normalized spacial score (nSPS) is 14.5. The van der Waals surface area contributed by atoms with E-state index in [0.717, 1.165) is 173 Å². The van der Waals surface area contributed by atoms with Crippen molar-refractivity contribution in [1.82, 2.24) is 0 Å². The Labute approximate surface area is 726 Å². The van der Waals surface area contributed by atoms with Crippen LogP contribution < -0.4 is 0 Å². The summed E-state index contributed by atoms with van der Waals surface area (Å²) in [5, 5.41) is 20.8. The van der Waals surface area contributed by atoms with Gasteiger partial charge in [0.2, 0.25) is 0 Å². The number of aliphatic hydroxyl groups excluding tert-OH is 2. The highest BCUT2D eigenvalue weighted by atomic mass is 31.2. The number of hydrogen-bond acceptors (Lipinski definition) is 14. The molecule has 0 heterocycles. The van der Waals surface area contributed by atoms with E-state index in [1.807, 2.05) is 0 Å². The lowest BCUT2D eigenvalue weighted by atomic mass is 10.0. The molecule has 0 bridgehead atoms. The average Bonchev–Trinajstić information content (AvgIpc) is 0.905. The van der Waals surface area contributed by atoms with Gasteiger partial charge in [-0.3, -0.25) is 32.5 Å². The smallest absolute Gasteiger partial charge is 0.463 e. The van der Waals surface area contributed by atoms with E-state index in [4.69, 9.17) is 32.3 Å². The van der Waals surface area contributed by atoms with Gasteiger partial charge in [0.15, 0.2) is 6.10 Å². The summed E-state index contributed by atoms with van der Waals surface area (Å²) in [6.45, 7) is 2.55. The number of unbranched alkanes of at least 4 members (excludes halogenated alkanes) is 38. The Morgan fingerprint density at radius 1 is 0.244 bits per heavy atom. The van der Waals surface area contributed by atoms with Crippen molar-refractivity contribution < 1.29 is 75.8 Å². The SMILES string of the molecule is CC/C=C\C/C=C\C/C=C\C/C=C\C/C=C\C/C=C\CCCCCCCCCCCCC(=O)OCC(O)COP(=O)(O)OCC(O)COP(=O)(O)OCC(COC(=O)CCCCCCCCCCCCC/C=C\C/C=C\C/C=C\C/C=C\CCCCC)OC(=O)CCCCCCCCCCCCC/C=C\C/C=C\C/C=C\C/C=C\CCCCC. The maximum absolute atomic E-state index is 13.1. The summed E-state index contributed by atoms with van der Waals surface area (Å²) in [4.78, 5) is 59.1. The Hall–Kier alpha value is -5.09. The third-order valence-corrected chi connectivity index (χ3v) is 21.8. The molecule has 0 aliphatic rings. The van der Waals surface area contributed by atoms with Crippen molar-refractivity contribution in [2.24, 2.45) is 0 Å². The number of rotatable bonds is 89. The fourth-order valence-electron chi connectivity index (χ4n) is 12.7. The van der Waals surface area contributed by atoms with Gasteiger partial charge in [0, 0.05) is 19.3 Å². The van der Waals surface area contributed by atoms with Crippen molar-refractivity contribution in [1.29, 1.82) is 0 Å². The quantitative estimate of drug-likeness (QED) is 0.0146. The number of hydrogen-bond donors (Lipinski definition) is 4. The van der Waals surface area contributed by atoms with E-state index in [-0.39, 0.29) is 19.3 Å². The van der Waals surface area contributed by atoms with Crippen LogP contribution in [-0.4, -0.2) is 95.9 Å². The first-order chi connectivity index (χ1) is 58.2. The van der Waals surface area contributed by atoms with Crippen molar-refractivity contribution >= 4 is 33.6 Å². The number of ether oxygens (including phenoxy) is 3. The summed E-state index contributed by atoms with van der Waals surface area (Å²) < 4.78 is 61.6. The lowest BCUT2D eigenvalue weighted by Crippen LogP contribution is -2.30. The van der Waals surface area contributed by atoms with Gasteiger partial charge in [0.25, 0.3) is 0 Å². The van der Waals surface area contributed by atoms with Crippen molar-refractivity contribution in [3.63, 3.8) is 0 Å². The molecule has 0 aliphatic carbocycles. The third kappa shape index (κ3) is 93.5. The molecular formula is C101H172O16P2. The maximum Gasteiger partial charge on any atom is 0.472 e. The second-order valence-corrected chi connectivity index (χ2v) is 34.3. The standard InChI is InChI=1S/C101H172O16P2/c1-4-7-10-13-16-19-22-25-28-31-34-37-40-43-46-47-50-52-54-57-60-63-66-69-72-75-78-81-84-87-99(104)111-90-96(102)91-113-118(107,108)114-92-97(103)93-115-119(109,110)116-95-98(117-101(106)89-86-83-80-77-74-71-68-65-62-59-56-53-49-45-42-39-36-33-30-27-24-21-18-15-12-9-6-3)94-112-100(105)88-85-82-79-76-73-70-67-64-61-58-55-51-48-44-41-38-35-32-29-26-23-20-17-14-11-8-5-2/h7,10,16-21,25-30,34-39,43-46,48-50,52,96-98,102-103H,4-6,8-9,11-15,22-24,31-33,40-42,47,51,53-95H2,1-3H3,(H,107,108)(H,109,110)/b10-7-,19-16-,20-17-,21-18-,28-25-,29-26-,30-27-,37-34-,38-35-,39-36-,46-43-,48-44-,49-45-,52-50-. The highest BCUT2D eigenvalue weighted by Crippen LogP contribution is 2.45. The average molecular weight is 1700 g/mol. The molecule has 4 N–H and O–H groups in total. The number of carbonyl (C=O) groups excluding carboxylic acids is 3. The minimum Gasteiger partial charge on any atom is -0.463 e.